The Morgan fingerprint density at radius 2 is 2.25 bits per heavy atom. The van der Waals surface area contributed by atoms with Crippen molar-refractivity contribution in [1.82, 2.24) is 4.90 Å². The summed E-state index contributed by atoms with van der Waals surface area (Å²) in [4.78, 5) is 13.4. The van der Waals surface area contributed by atoms with E-state index in [1.807, 2.05) is 24.3 Å². The van der Waals surface area contributed by atoms with Gasteiger partial charge in [-0.05, 0) is 17.7 Å². The first-order chi connectivity index (χ1) is 7.67. The Morgan fingerprint density at radius 1 is 1.50 bits per heavy atom. The highest BCUT2D eigenvalue weighted by Gasteiger charge is 2.09. The second-order valence-corrected chi connectivity index (χ2v) is 3.91. The predicted molar refractivity (Wildman–Crippen MR) is 65.1 cm³/mol. The van der Waals surface area contributed by atoms with E-state index in [-0.39, 0.29) is 5.91 Å². The van der Waals surface area contributed by atoms with Crippen molar-refractivity contribution < 1.29 is 9.53 Å². The Hall–Kier alpha value is -1.22. The van der Waals surface area contributed by atoms with Crippen LogP contribution in [0.3, 0.4) is 0 Å². The van der Waals surface area contributed by atoms with Crippen molar-refractivity contribution >= 4 is 17.5 Å². The molecular formula is C12H16ClNO2. The molecule has 0 atom stereocenters. The Kier molecular flexibility index (Phi) is 5.12. The molecule has 1 aromatic rings. The minimum atomic E-state index is 0.0638. The molecule has 1 amide bonds. The second kappa shape index (κ2) is 6.38. The van der Waals surface area contributed by atoms with Gasteiger partial charge in [-0.3, -0.25) is 4.79 Å². The predicted octanol–water partition coefficient (Wildman–Crippen LogP) is 1.93. The molecule has 16 heavy (non-hydrogen) atoms. The third kappa shape index (κ3) is 3.74. The normalized spacial score (nSPS) is 9.94. The minimum absolute atomic E-state index is 0.0638. The largest absolute Gasteiger partial charge is 0.497 e. The molecule has 0 saturated heterocycles. The summed E-state index contributed by atoms with van der Waals surface area (Å²) in [5.74, 6) is 1.29. The van der Waals surface area contributed by atoms with Gasteiger partial charge in [-0.1, -0.05) is 12.1 Å². The van der Waals surface area contributed by atoms with E-state index in [1.54, 1.807) is 19.1 Å². The number of rotatable bonds is 5. The molecule has 0 aromatic heterocycles. The van der Waals surface area contributed by atoms with Crippen LogP contribution >= 0.6 is 11.6 Å². The smallest absolute Gasteiger partial charge is 0.226 e. The van der Waals surface area contributed by atoms with Gasteiger partial charge in [0.15, 0.2) is 0 Å². The summed E-state index contributed by atoms with van der Waals surface area (Å²) in [6.07, 6.45) is 0.380. The van der Waals surface area contributed by atoms with Crippen LogP contribution in [0.5, 0.6) is 5.75 Å². The van der Waals surface area contributed by atoms with Gasteiger partial charge in [0.25, 0.3) is 0 Å². The van der Waals surface area contributed by atoms with Gasteiger partial charge in [0.05, 0.1) is 13.5 Å². The fourth-order valence-corrected chi connectivity index (χ4v) is 1.60. The molecule has 0 N–H and O–H groups in total. The van der Waals surface area contributed by atoms with Crippen molar-refractivity contribution in [3.63, 3.8) is 0 Å². The molecule has 0 fully saturated rings. The summed E-state index contributed by atoms with van der Waals surface area (Å²) in [5, 5.41) is 0. The van der Waals surface area contributed by atoms with Crippen LogP contribution in [0.2, 0.25) is 0 Å². The number of amides is 1. The quantitative estimate of drug-likeness (QED) is 0.738. The maximum absolute atomic E-state index is 11.7. The van der Waals surface area contributed by atoms with Gasteiger partial charge in [0, 0.05) is 19.5 Å². The summed E-state index contributed by atoms with van der Waals surface area (Å²) in [5.41, 5.74) is 0.950. The number of carbonyl (C=O) groups is 1. The van der Waals surface area contributed by atoms with Gasteiger partial charge in [-0.25, -0.2) is 0 Å². The third-order valence-corrected chi connectivity index (χ3v) is 2.50. The second-order valence-electron chi connectivity index (χ2n) is 3.53. The lowest BCUT2D eigenvalue weighted by atomic mass is 10.1. The Bertz CT molecular complexity index is 355. The van der Waals surface area contributed by atoms with Crippen LogP contribution in [0.4, 0.5) is 0 Å². The molecular weight excluding hydrogens is 226 g/mol. The van der Waals surface area contributed by atoms with Crippen molar-refractivity contribution in [3.05, 3.63) is 29.8 Å². The number of hydrogen-bond acceptors (Lipinski definition) is 2. The summed E-state index contributed by atoms with van der Waals surface area (Å²) < 4.78 is 5.10. The van der Waals surface area contributed by atoms with Crippen molar-refractivity contribution in [2.75, 3.05) is 26.6 Å². The zero-order valence-corrected chi connectivity index (χ0v) is 10.3. The van der Waals surface area contributed by atoms with Crippen molar-refractivity contribution in [3.8, 4) is 5.75 Å². The SMILES string of the molecule is COc1cccc(CC(=O)N(C)CCCl)c1. The van der Waals surface area contributed by atoms with Gasteiger partial charge in [0.2, 0.25) is 5.91 Å². The molecule has 0 saturated carbocycles. The number of carbonyl (C=O) groups excluding carboxylic acids is 1. The highest BCUT2D eigenvalue weighted by Crippen LogP contribution is 2.13. The fraction of sp³-hybridized carbons (Fsp3) is 0.417. The van der Waals surface area contributed by atoms with Gasteiger partial charge < -0.3 is 9.64 Å². The average molecular weight is 242 g/mol. The van der Waals surface area contributed by atoms with Crippen LogP contribution in [0, 0.1) is 0 Å². The van der Waals surface area contributed by atoms with E-state index in [2.05, 4.69) is 0 Å². The number of alkyl halides is 1. The first kappa shape index (κ1) is 12.8. The summed E-state index contributed by atoms with van der Waals surface area (Å²) >= 11 is 5.58. The molecule has 0 radical (unpaired) electrons. The van der Waals surface area contributed by atoms with E-state index >= 15 is 0 Å². The van der Waals surface area contributed by atoms with E-state index in [4.69, 9.17) is 16.3 Å². The summed E-state index contributed by atoms with van der Waals surface area (Å²) in [6, 6.07) is 7.51. The fourth-order valence-electron chi connectivity index (χ4n) is 1.34. The third-order valence-electron chi connectivity index (χ3n) is 2.34. The Balaban J connectivity index is 2.61. The first-order valence-corrected chi connectivity index (χ1v) is 5.63. The maximum Gasteiger partial charge on any atom is 0.226 e. The lowest BCUT2D eigenvalue weighted by Gasteiger charge is -2.15. The number of hydrogen-bond donors (Lipinski definition) is 0. The molecule has 0 spiro atoms. The molecule has 0 aliphatic carbocycles. The van der Waals surface area contributed by atoms with Crippen molar-refractivity contribution in [2.45, 2.75) is 6.42 Å². The van der Waals surface area contributed by atoms with Gasteiger partial charge in [0.1, 0.15) is 5.75 Å². The van der Waals surface area contributed by atoms with E-state index in [0.29, 0.717) is 18.8 Å². The Morgan fingerprint density at radius 3 is 2.88 bits per heavy atom. The number of ether oxygens (including phenoxy) is 1. The molecule has 88 valence electrons. The topological polar surface area (TPSA) is 29.5 Å². The van der Waals surface area contributed by atoms with Gasteiger partial charge in [-0.2, -0.15) is 0 Å². The molecule has 0 aliphatic heterocycles. The number of halogens is 1. The van der Waals surface area contributed by atoms with Crippen LogP contribution in [0.1, 0.15) is 5.56 Å². The molecule has 1 rings (SSSR count). The zero-order valence-electron chi connectivity index (χ0n) is 9.57. The standard InChI is InChI=1S/C12H16ClNO2/c1-14(7-6-13)12(15)9-10-4-3-5-11(8-10)16-2/h3-5,8H,6-7,9H2,1-2H3. The van der Waals surface area contributed by atoms with Gasteiger partial charge in [-0.15, -0.1) is 11.6 Å². The monoisotopic (exact) mass is 241 g/mol. The van der Waals surface area contributed by atoms with Crippen molar-refractivity contribution in [1.29, 1.82) is 0 Å². The van der Waals surface area contributed by atoms with E-state index < -0.39 is 0 Å². The molecule has 0 unspecified atom stereocenters. The molecule has 0 heterocycles. The number of methoxy groups -OCH3 is 1. The number of likely N-dealkylation sites (N-methyl/N-ethyl adjacent to an activating group) is 1. The molecule has 4 heteroatoms. The Labute approximate surface area is 101 Å². The van der Waals surface area contributed by atoms with Crippen LogP contribution in [-0.4, -0.2) is 37.4 Å². The van der Waals surface area contributed by atoms with Crippen LogP contribution in [0.25, 0.3) is 0 Å². The number of nitrogens with zero attached hydrogens (tertiary/aromatic N) is 1. The van der Waals surface area contributed by atoms with E-state index in [1.165, 1.54) is 0 Å². The highest BCUT2D eigenvalue weighted by atomic mass is 35.5. The number of benzene rings is 1. The molecule has 0 bridgehead atoms. The lowest BCUT2D eigenvalue weighted by molar-refractivity contribution is -0.128. The summed E-state index contributed by atoms with van der Waals surface area (Å²) in [7, 11) is 3.37. The molecule has 0 aliphatic rings. The highest BCUT2D eigenvalue weighted by molar-refractivity contribution is 6.18. The summed E-state index contributed by atoms with van der Waals surface area (Å²) in [6.45, 7) is 0.574. The van der Waals surface area contributed by atoms with Crippen LogP contribution in [0.15, 0.2) is 24.3 Å². The molecule has 3 nitrogen and oxygen atoms in total. The van der Waals surface area contributed by atoms with E-state index in [9.17, 15) is 4.79 Å². The zero-order chi connectivity index (χ0) is 12.0. The average Bonchev–Trinajstić information content (AvgIpc) is 2.29. The van der Waals surface area contributed by atoms with Crippen molar-refractivity contribution in [2.24, 2.45) is 0 Å². The van der Waals surface area contributed by atoms with Gasteiger partial charge >= 0.3 is 0 Å². The minimum Gasteiger partial charge on any atom is -0.497 e. The van der Waals surface area contributed by atoms with Crippen LogP contribution < -0.4 is 4.74 Å². The van der Waals surface area contributed by atoms with Crippen LogP contribution in [-0.2, 0) is 11.2 Å². The molecule has 1 aromatic carbocycles. The first-order valence-electron chi connectivity index (χ1n) is 5.10. The lowest BCUT2D eigenvalue weighted by Crippen LogP contribution is -2.29. The maximum atomic E-state index is 11.7. The van der Waals surface area contributed by atoms with E-state index in [0.717, 1.165) is 11.3 Å².